The molecule has 3 aliphatic carbocycles. The molecule has 2 aromatic rings. The number of pyridine rings is 1. The number of carboxylic acids is 1. The number of alkyl halides is 2. The normalized spacial score (nSPS) is 26.4. The van der Waals surface area contributed by atoms with Gasteiger partial charge in [-0.2, -0.15) is 0 Å². The van der Waals surface area contributed by atoms with Gasteiger partial charge in [0, 0.05) is 37.2 Å². The van der Waals surface area contributed by atoms with Crippen LogP contribution in [0.5, 0.6) is 0 Å². The van der Waals surface area contributed by atoms with Crippen molar-refractivity contribution in [2.75, 3.05) is 13.1 Å². The van der Waals surface area contributed by atoms with Crippen LogP contribution in [0.25, 0.3) is 0 Å². The van der Waals surface area contributed by atoms with E-state index in [1.165, 1.54) is 12.3 Å². The zero-order valence-electron chi connectivity index (χ0n) is 21.0. The standard InChI is InChI=1S/C26H33F2N5O4/c1-24(27,28)18-2-3-19(29-14-18)15-33-16-20(30-31-33)17-37-21-4-12-32(13-5-21)22(34)25-6-9-26(10-7-25,11-8-25)23(35)36/h2-3,14,16,21H,4-13,15,17H2,1H3,(H,35,36). The summed E-state index contributed by atoms with van der Waals surface area (Å²) in [5.74, 6) is -3.44. The molecule has 200 valence electrons. The third-order valence-electron chi connectivity index (χ3n) is 8.59. The number of carbonyl (C=O) groups is 2. The quantitative estimate of drug-likeness (QED) is 0.568. The Morgan fingerprint density at radius 3 is 2.30 bits per heavy atom. The van der Waals surface area contributed by atoms with Crippen molar-refractivity contribution in [3.8, 4) is 0 Å². The number of hydrogen-bond donors (Lipinski definition) is 1. The average Bonchev–Trinajstić information content (AvgIpc) is 3.35. The zero-order chi connectivity index (χ0) is 26.3. The van der Waals surface area contributed by atoms with Crippen LogP contribution < -0.4 is 0 Å². The van der Waals surface area contributed by atoms with Gasteiger partial charge in [0.1, 0.15) is 5.69 Å². The first-order valence-corrected chi connectivity index (χ1v) is 13.0. The molecular weight excluding hydrogens is 484 g/mol. The van der Waals surface area contributed by atoms with E-state index in [-0.39, 0.29) is 23.0 Å². The Bertz CT molecular complexity index is 1110. The highest BCUT2D eigenvalue weighted by atomic mass is 19.3. The van der Waals surface area contributed by atoms with Gasteiger partial charge in [-0.25, -0.2) is 13.5 Å². The lowest BCUT2D eigenvalue weighted by Gasteiger charge is -2.52. The minimum Gasteiger partial charge on any atom is -0.481 e. The molecule has 1 saturated heterocycles. The second-order valence-electron chi connectivity index (χ2n) is 11.0. The zero-order valence-corrected chi connectivity index (χ0v) is 21.0. The van der Waals surface area contributed by atoms with E-state index < -0.39 is 17.3 Å². The average molecular weight is 518 g/mol. The predicted molar refractivity (Wildman–Crippen MR) is 128 cm³/mol. The Hall–Kier alpha value is -2.95. The second kappa shape index (κ2) is 9.74. The third kappa shape index (κ3) is 5.23. The van der Waals surface area contributed by atoms with Crippen LogP contribution in [0, 0.1) is 10.8 Å². The van der Waals surface area contributed by atoms with Crippen molar-refractivity contribution in [3.63, 3.8) is 0 Å². The van der Waals surface area contributed by atoms with Crippen LogP contribution in [-0.4, -0.2) is 61.1 Å². The van der Waals surface area contributed by atoms with E-state index in [2.05, 4.69) is 15.3 Å². The van der Waals surface area contributed by atoms with Gasteiger partial charge in [-0.3, -0.25) is 14.6 Å². The number of ether oxygens (including phenoxy) is 1. The SMILES string of the molecule is CC(F)(F)c1ccc(Cn2cc(COC3CCN(C(=O)C45CCC(C(=O)O)(CC4)CC5)CC3)nn2)nc1. The molecule has 37 heavy (non-hydrogen) atoms. The molecule has 0 aromatic carbocycles. The fraction of sp³-hybridized carbons (Fsp3) is 0.654. The number of carboxylic acid groups (broad SMARTS) is 1. The van der Waals surface area contributed by atoms with Crippen LogP contribution in [0.15, 0.2) is 24.5 Å². The van der Waals surface area contributed by atoms with Gasteiger partial charge in [-0.15, -0.1) is 5.10 Å². The molecule has 4 aliphatic rings. The number of halogens is 2. The number of amides is 1. The highest BCUT2D eigenvalue weighted by Gasteiger charge is 2.56. The Kier molecular flexibility index (Phi) is 6.76. The monoisotopic (exact) mass is 517 g/mol. The summed E-state index contributed by atoms with van der Waals surface area (Å²) in [6.45, 7) is 2.74. The molecule has 1 aliphatic heterocycles. The van der Waals surface area contributed by atoms with Gasteiger partial charge in [-0.1, -0.05) is 5.21 Å². The molecule has 6 rings (SSSR count). The fourth-order valence-electron chi connectivity index (χ4n) is 6.02. The number of nitrogens with zero attached hydrogens (tertiary/aromatic N) is 5. The number of aliphatic carboxylic acids is 1. The van der Waals surface area contributed by atoms with E-state index in [9.17, 15) is 23.5 Å². The Morgan fingerprint density at radius 2 is 1.73 bits per heavy atom. The van der Waals surface area contributed by atoms with Gasteiger partial charge in [0.2, 0.25) is 5.91 Å². The molecular formula is C26H33F2N5O4. The lowest BCUT2D eigenvalue weighted by molar-refractivity contribution is -0.168. The van der Waals surface area contributed by atoms with Crippen LogP contribution in [0.2, 0.25) is 0 Å². The Labute approximate surface area is 214 Å². The van der Waals surface area contributed by atoms with E-state index in [1.54, 1.807) is 16.9 Å². The van der Waals surface area contributed by atoms with Crippen molar-refractivity contribution in [1.82, 2.24) is 24.9 Å². The summed E-state index contributed by atoms with van der Waals surface area (Å²) >= 11 is 0. The molecule has 1 amide bonds. The minimum atomic E-state index is -2.92. The minimum absolute atomic E-state index is 0.0222. The molecule has 0 unspecified atom stereocenters. The maximum Gasteiger partial charge on any atom is 0.309 e. The van der Waals surface area contributed by atoms with Gasteiger partial charge in [0.25, 0.3) is 5.92 Å². The van der Waals surface area contributed by atoms with Gasteiger partial charge in [-0.05, 0) is 63.5 Å². The maximum absolute atomic E-state index is 13.4. The van der Waals surface area contributed by atoms with Crippen molar-refractivity contribution in [3.05, 3.63) is 41.5 Å². The molecule has 4 fully saturated rings. The van der Waals surface area contributed by atoms with Gasteiger partial charge in [0.05, 0.1) is 36.6 Å². The number of fused-ring (bicyclic) bond motifs is 3. The van der Waals surface area contributed by atoms with Gasteiger partial charge >= 0.3 is 5.97 Å². The van der Waals surface area contributed by atoms with E-state index in [0.29, 0.717) is 76.2 Å². The lowest BCUT2D eigenvalue weighted by atomic mass is 9.53. The largest absolute Gasteiger partial charge is 0.481 e. The number of aromatic nitrogens is 4. The van der Waals surface area contributed by atoms with E-state index in [4.69, 9.17) is 4.74 Å². The molecule has 3 saturated carbocycles. The van der Waals surface area contributed by atoms with Crippen molar-refractivity contribution in [1.29, 1.82) is 0 Å². The van der Waals surface area contributed by atoms with Gasteiger partial charge in [0.15, 0.2) is 0 Å². The smallest absolute Gasteiger partial charge is 0.309 e. The van der Waals surface area contributed by atoms with Crippen LogP contribution >= 0.6 is 0 Å². The molecule has 0 spiro atoms. The number of rotatable bonds is 8. The van der Waals surface area contributed by atoms with Crippen LogP contribution in [-0.2, 0) is 33.4 Å². The fourth-order valence-corrected chi connectivity index (χ4v) is 6.02. The van der Waals surface area contributed by atoms with Crippen LogP contribution in [0.3, 0.4) is 0 Å². The predicted octanol–water partition coefficient (Wildman–Crippen LogP) is 3.77. The van der Waals surface area contributed by atoms with E-state index in [0.717, 1.165) is 19.8 Å². The molecule has 2 aromatic heterocycles. The summed E-state index contributed by atoms with van der Waals surface area (Å²) in [4.78, 5) is 31.1. The number of carbonyl (C=O) groups excluding carboxylic acids is 1. The summed E-state index contributed by atoms with van der Waals surface area (Å²) in [5, 5.41) is 17.8. The molecule has 11 heteroatoms. The van der Waals surface area contributed by atoms with Crippen molar-refractivity contribution >= 4 is 11.9 Å². The Morgan fingerprint density at radius 1 is 1.08 bits per heavy atom. The first kappa shape index (κ1) is 25.7. The molecule has 0 atom stereocenters. The first-order valence-electron chi connectivity index (χ1n) is 13.0. The summed E-state index contributed by atoms with van der Waals surface area (Å²) in [6, 6.07) is 2.92. The molecule has 1 N–H and O–H groups in total. The number of piperidine rings is 1. The molecule has 0 radical (unpaired) electrons. The van der Waals surface area contributed by atoms with Crippen molar-refractivity contribution < 1.29 is 28.2 Å². The molecule has 2 bridgehead atoms. The number of hydrogen-bond acceptors (Lipinski definition) is 6. The maximum atomic E-state index is 13.4. The summed E-state index contributed by atoms with van der Waals surface area (Å²) in [5.41, 5.74) is 0.148. The Balaban J connectivity index is 1.07. The highest BCUT2D eigenvalue weighted by molar-refractivity contribution is 5.85. The third-order valence-corrected chi connectivity index (χ3v) is 8.59. The molecule has 9 nitrogen and oxygen atoms in total. The van der Waals surface area contributed by atoms with E-state index in [1.807, 2.05) is 4.90 Å². The van der Waals surface area contributed by atoms with Gasteiger partial charge < -0.3 is 14.7 Å². The van der Waals surface area contributed by atoms with E-state index >= 15 is 0 Å². The highest BCUT2D eigenvalue weighted by Crippen LogP contribution is 2.57. The summed E-state index contributed by atoms with van der Waals surface area (Å²) in [7, 11) is 0. The lowest BCUT2D eigenvalue weighted by Crippen LogP contribution is -2.55. The number of likely N-dealkylation sites (tertiary alicyclic amines) is 1. The van der Waals surface area contributed by atoms with Crippen molar-refractivity contribution in [2.24, 2.45) is 10.8 Å². The van der Waals surface area contributed by atoms with Crippen LogP contribution in [0.1, 0.15) is 75.2 Å². The summed E-state index contributed by atoms with van der Waals surface area (Å²) < 4.78 is 34.3. The van der Waals surface area contributed by atoms with Crippen molar-refractivity contribution in [2.45, 2.75) is 83.5 Å². The molecule has 3 heterocycles. The second-order valence-corrected chi connectivity index (χ2v) is 11.0. The van der Waals surface area contributed by atoms with Crippen LogP contribution in [0.4, 0.5) is 8.78 Å². The first-order chi connectivity index (χ1) is 17.6. The summed E-state index contributed by atoms with van der Waals surface area (Å²) in [6.07, 6.45) is 8.27. The topological polar surface area (TPSA) is 110 Å².